The van der Waals surface area contributed by atoms with Crippen LogP contribution in [0.5, 0.6) is 0 Å². The van der Waals surface area contributed by atoms with Gasteiger partial charge in [-0.3, -0.25) is 13.8 Å². The van der Waals surface area contributed by atoms with Gasteiger partial charge in [0.05, 0.1) is 4.90 Å². The fraction of sp³-hybridized carbons (Fsp3) is 0.542. The molecule has 1 saturated heterocycles. The fourth-order valence-electron chi connectivity index (χ4n) is 5.19. The standard InChI is InChI=1S/C24H32F2N4O3S/c1-17-5-6-19(14-29-10-7-18(16-31)8-11-29)12-22(17)34(32,33)28(2)23-21(4-3-9-27-23)30(34)15-20-13-24(20,25)26/h3-6,9,12,18,20,31H,7-8,10-11,13-16H2,1-2H3,(H,32,33). The highest BCUT2D eigenvalue weighted by molar-refractivity contribution is 8.17. The van der Waals surface area contributed by atoms with Gasteiger partial charge < -0.3 is 5.11 Å². The van der Waals surface area contributed by atoms with Crippen LogP contribution in [0.4, 0.5) is 20.3 Å². The number of aliphatic hydroxyl groups is 1. The third-order valence-electron chi connectivity index (χ3n) is 7.57. The van der Waals surface area contributed by atoms with E-state index in [0.717, 1.165) is 31.5 Å². The molecule has 1 saturated carbocycles. The van der Waals surface area contributed by atoms with Crippen LogP contribution in [-0.2, 0) is 16.3 Å². The van der Waals surface area contributed by atoms with E-state index in [1.54, 1.807) is 25.1 Å². The molecule has 2 fully saturated rings. The maximum Gasteiger partial charge on any atom is 0.253 e. The van der Waals surface area contributed by atoms with Crippen LogP contribution in [0.3, 0.4) is 0 Å². The van der Waals surface area contributed by atoms with Crippen LogP contribution in [-0.4, -0.2) is 63.0 Å². The number of hydrogen-bond donors (Lipinski definition) is 2. The number of halogens is 2. The van der Waals surface area contributed by atoms with Gasteiger partial charge in [-0.25, -0.2) is 18.1 Å². The molecule has 7 nitrogen and oxygen atoms in total. The van der Waals surface area contributed by atoms with Gasteiger partial charge in [0.15, 0.2) is 5.82 Å². The number of piperidine rings is 1. The Hall–Kier alpha value is -2.14. The molecule has 0 bridgehead atoms. The Balaban J connectivity index is 1.53. The first kappa shape index (κ1) is 23.6. The molecular formula is C24H32F2N4O3S. The van der Waals surface area contributed by atoms with E-state index in [-0.39, 0.29) is 24.5 Å². The van der Waals surface area contributed by atoms with Gasteiger partial charge in [0, 0.05) is 45.3 Å². The molecule has 1 aromatic carbocycles. The minimum Gasteiger partial charge on any atom is -0.396 e. The molecule has 186 valence electrons. The van der Waals surface area contributed by atoms with E-state index < -0.39 is 21.6 Å². The topological polar surface area (TPSA) is 80.1 Å². The molecule has 3 aliphatic rings. The fourth-order valence-corrected chi connectivity index (χ4v) is 8.40. The zero-order valence-electron chi connectivity index (χ0n) is 19.5. The zero-order valence-corrected chi connectivity index (χ0v) is 20.3. The second-order valence-electron chi connectivity index (χ2n) is 9.89. The summed E-state index contributed by atoms with van der Waals surface area (Å²) in [6, 6.07) is 8.86. The average molecular weight is 495 g/mol. The van der Waals surface area contributed by atoms with E-state index in [4.69, 9.17) is 0 Å². The van der Waals surface area contributed by atoms with Gasteiger partial charge in [-0.1, -0.05) is 12.1 Å². The van der Waals surface area contributed by atoms with Crippen molar-refractivity contribution in [3.63, 3.8) is 0 Å². The predicted molar refractivity (Wildman–Crippen MR) is 128 cm³/mol. The Morgan fingerprint density at radius 3 is 2.59 bits per heavy atom. The predicted octanol–water partition coefficient (Wildman–Crippen LogP) is 3.69. The summed E-state index contributed by atoms with van der Waals surface area (Å²) in [6.45, 7) is 4.07. The molecule has 1 unspecified atom stereocenters. The Morgan fingerprint density at radius 1 is 1.24 bits per heavy atom. The number of aliphatic hydroxyl groups excluding tert-OH is 1. The molecule has 10 heteroatoms. The van der Waals surface area contributed by atoms with Gasteiger partial charge in [0.1, 0.15) is 5.69 Å². The van der Waals surface area contributed by atoms with Gasteiger partial charge in [-0.15, -0.1) is 0 Å². The van der Waals surface area contributed by atoms with E-state index in [1.165, 1.54) is 21.9 Å². The second kappa shape index (κ2) is 7.94. The van der Waals surface area contributed by atoms with Crippen LogP contribution >= 0.6 is 0 Å². The van der Waals surface area contributed by atoms with Gasteiger partial charge in [0.2, 0.25) is 0 Å². The minimum atomic E-state index is -4.96. The van der Waals surface area contributed by atoms with Crippen LogP contribution in [0.1, 0.15) is 30.4 Å². The van der Waals surface area contributed by atoms with Crippen molar-refractivity contribution in [2.45, 2.75) is 43.5 Å². The first-order valence-corrected chi connectivity index (χ1v) is 13.6. The molecule has 2 aromatic rings. The van der Waals surface area contributed by atoms with Crippen molar-refractivity contribution in [1.82, 2.24) is 9.88 Å². The first-order valence-electron chi connectivity index (χ1n) is 11.7. The quantitative estimate of drug-likeness (QED) is 0.640. The van der Waals surface area contributed by atoms with E-state index in [0.29, 0.717) is 29.5 Å². The molecule has 0 amide bonds. The number of hydrogen-bond acceptors (Lipinski definition) is 4. The second-order valence-corrected chi connectivity index (χ2v) is 13.0. The lowest BCUT2D eigenvalue weighted by molar-refractivity contribution is 0.101. The summed E-state index contributed by atoms with van der Waals surface area (Å²) in [5, 5.41) is 9.40. The van der Waals surface area contributed by atoms with Crippen LogP contribution in [0.2, 0.25) is 0 Å². The highest BCUT2D eigenvalue weighted by atomic mass is 32.3. The average Bonchev–Trinajstić information content (AvgIpc) is 3.39. The lowest BCUT2D eigenvalue weighted by Gasteiger charge is -2.52. The van der Waals surface area contributed by atoms with Crippen LogP contribution in [0.15, 0.2) is 41.4 Å². The zero-order chi connectivity index (χ0) is 24.3. The number of anilines is 2. The summed E-state index contributed by atoms with van der Waals surface area (Å²) in [5.74, 6) is -3.16. The number of nitrogens with zero attached hydrogens (tertiary/aromatic N) is 4. The molecule has 1 atom stereocenters. The Labute approximate surface area is 198 Å². The van der Waals surface area contributed by atoms with Crippen molar-refractivity contribution in [3.8, 4) is 0 Å². The van der Waals surface area contributed by atoms with Gasteiger partial charge in [-0.2, -0.15) is 4.21 Å². The number of pyridine rings is 1. The molecule has 1 aromatic heterocycles. The Morgan fingerprint density at radius 2 is 1.94 bits per heavy atom. The van der Waals surface area contributed by atoms with Crippen LogP contribution < -0.4 is 8.61 Å². The van der Waals surface area contributed by atoms with Crippen molar-refractivity contribution in [3.05, 3.63) is 47.7 Å². The van der Waals surface area contributed by atoms with Crippen LogP contribution in [0.25, 0.3) is 0 Å². The molecule has 2 N–H and O–H groups in total. The number of aromatic nitrogens is 1. The maximum absolute atomic E-state index is 14.9. The van der Waals surface area contributed by atoms with Crippen molar-refractivity contribution in [2.24, 2.45) is 11.8 Å². The van der Waals surface area contributed by atoms with Gasteiger partial charge >= 0.3 is 0 Å². The van der Waals surface area contributed by atoms with E-state index >= 15 is 0 Å². The summed E-state index contributed by atoms with van der Waals surface area (Å²) < 4.78 is 57.4. The Bertz CT molecular complexity index is 1170. The van der Waals surface area contributed by atoms with Gasteiger partial charge in [-0.05, 0) is 77.8 Å². The number of fused-ring (bicyclic) bond motifs is 1. The third-order valence-corrected chi connectivity index (χ3v) is 11.1. The lowest BCUT2D eigenvalue weighted by atomic mass is 9.97. The largest absolute Gasteiger partial charge is 0.396 e. The summed E-state index contributed by atoms with van der Waals surface area (Å²) in [6.07, 6.45) is 3.09. The first-order chi connectivity index (χ1) is 16.0. The molecule has 5 rings (SSSR count). The lowest BCUT2D eigenvalue weighted by Crippen LogP contribution is -2.58. The van der Waals surface area contributed by atoms with E-state index in [2.05, 4.69) is 9.88 Å². The Kier molecular flexibility index (Phi) is 5.51. The van der Waals surface area contributed by atoms with Gasteiger partial charge in [0.25, 0.3) is 5.92 Å². The molecular weight excluding hydrogens is 462 g/mol. The molecule has 3 heterocycles. The summed E-state index contributed by atoms with van der Waals surface area (Å²) >= 11 is 0. The third kappa shape index (κ3) is 3.62. The molecule has 0 radical (unpaired) electrons. The van der Waals surface area contributed by atoms with Crippen LogP contribution in [0, 0.1) is 18.8 Å². The molecule has 1 aliphatic carbocycles. The van der Waals surface area contributed by atoms with Crippen molar-refractivity contribution < 1.29 is 22.6 Å². The summed E-state index contributed by atoms with van der Waals surface area (Å²) in [7, 11) is -3.44. The normalized spacial score (nSPS) is 26.6. The molecule has 2 aliphatic heterocycles. The van der Waals surface area contributed by atoms with E-state index in [1.807, 2.05) is 12.1 Å². The van der Waals surface area contributed by atoms with Crippen molar-refractivity contribution in [1.29, 1.82) is 0 Å². The highest BCUT2D eigenvalue weighted by Crippen LogP contribution is 2.57. The summed E-state index contributed by atoms with van der Waals surface area (Å²) in [5.41, 5.74) is 1.90. The number of benzene rings is 1. The number of likely N-dealkylation sites (tertiary alicyclic amines) is 1. The minimum absolute atomic E-state index is 0.202. The number of aryl methyl sites for hydroxylation is 1. The SMILES string of the molecule is Cc1ccc(CN2CCC(CO)CC2)cc1S1(=O)(O)N(C)c2ncccc2N1CC1CC1(F)F. The monoisotopic (exact) mass is 494 g/mol. The maximum atomic E-state index is 14.9. The van der Waals surface area contributed by atoms with Crippen molar-refractivity contribution in [2.75, 3.05) is 41.9 Å². The highest BCUT2D eigenvalue weighted by Gasteiger charge is 2.61. The molecule has 34 heavy (non-hydrogen) atoms. The van der Waals surface area contributed by atoms with Crippen molar-refractivity contribution >= 4 is 21.2 Å². The summed E-state index contributed by atoms with van der Waals surface area (Å²) in [4.78, 5) is 6.82. The number of rotatable bonds is 6. The van der Waals surface area contributed by atoms with E-state index in [9.17, 15) is 22.6 Å². The number of alkyl halides is 2. The molecule has 0 spiro atoms. The smallest absolute Gasteiger partial charge is 0.253 e.